The zero-order valence-corrected chi connectivity index (χ0v) is 20.1. The zero-order valence-electron chi connectivity index (χ0n) is 19.2. The van der Waals surface area contributed by atoms with Gasteiger partial charge in [-0.15, -0.1) is 0 Å². The fraction of sp³-hybridized carbons (Fsp3) is 0.789. The Labute approximate surface area is 183 Å². The van der Waals surface area contributed by atoms with Crippen molar-refractivity contribution >= 4 is 31.2 Å². The molecule has 0 aliphatic carbocycles. The summed E-state index contributed by atoms with van der Waals surface area (Å²) < 4.78 is 24.4. The van der Waals surface area contributed by atoms with Gasteiger partial charge in [0.2, 0.25) is 23.5 Å². The van der Waals surface area contributed by atoms with E-state index in [0.29, 0.717) is 6.42 Å². The second kappa shape index (κ2) is 11.6. The molecule has 0 aromatic rings. The highest BCUT2D eigenvalue weighted by molar-refractivity contribution is 7.55. The molecule has 4 N–H and O–H groups in total. The number of amides is 4. The average molecular weight is 462 g/mol. The fourth-order valence-electron chi connectivity index (χ4n) is 2.87. The summed E-state index contributed by atoms with van der Waals surface area (Å²) in [5.41, 5.74) is 0. The van der Waals surface area contributed by atoms with Crippen LogP contribution in [0.3, 0.4) is 0 Å². The molecule has 1 aliphatic rings. The molecule has 4 amide bonds. The van der Waals surface area contributed by atoms with Crippen molar-refractivity contribution in [2.24, 2.45) is 5.92 Å². The van der Waals surface area contributed by atoms with Crippen LogP contribution in [0.4, 0.5) is 0 Å². The first-order valence-corrected chi connectivity index (χ1v) is 12.0. The van der Waals surface area contributed by atoms with Crippen LogP contribution in [0, 0.1) is 5.92 Å². The second-order valence-electron chi connectivity index (χ2n) is 8.46. The highest BCUT2D eigenvalue weighted by Crippen LogP contribution is 2.54. The Kier molecular flexibility index (Phi) is 10.1. The summed E-state index contributed by atoms with van der Waals surface area (Å²) in [5, 5.41) is 9.80. The number of carbonyl (C=O) groups excluding carboxylic acids is 4. The lowest BCUT2D eigenvalue weighted by Crippen LogP contribution is -2.58. The highest BCUT2D eigenvalue weighted by Gasteiger charge is 2.45. The Balaban J connectivity index is 3.27. The summed E-state index contributed by atoms with van der Waals surface area (Å²) in [7, 11) is -4.19. The first-order valence-electron chi connectivity index (χ1n) is 10.4. The van der Waals surface area contributed by atoms with Crippen LogP contribution in [-0.4, -0.2) is 60.2 Å². The normalized spacial score (nSPS) is 24.3. The molecule has 3 atom stereocenters. The fourth-order valence-corrected chi connectivity index (χ4v) is 5.01. The summed E-state index contributed by atoms with van der Waals surface area (Å²) in [4.78, 5) is 50.5. The predicted molar refractivity (Wildman–Crippen MR) is 114 cm³/mol. The van der Waals surface area contributed by atoms with Gasteiger partial charge in [-0.25, -0.2) is 0 Å². The largest absolute Gasteiger partial charge is 0.362 e. The van der Waals surface area contributed by atoms with Crippen molar-refractivity contribution in [2.75, 3.05) is 6.54 Å². The zero-order chi connectivity index (χ0) is 23.9. The topological polar surface area (TPSA) is 152 Å². The minimum absolute atomic E-state index is 0.0966. The lowest BCUT2D eigenvalue weighted by Gasteiger charge is -2.31. The van der Waals surface area contributed by atoms with E-state index in [1.165, 1.54) is 6.92 Å². The number of nitrogens with one attached hydrogen (secondary N) is 4. The Bertz CT molecular complexity index is 712. The molecule has 1 heterocycles. The molecule has 0 spiro atoms. The van der Waals surface area contributed by atoms with E-state index in [4.69, 9.17) is 9.05 Å². The van der Waals surface area contributed by atoms with Crippen molar-refractivity contribution in [2.45, 2.75) is 85.0 Å². The summed E-state index contributed by atoms with van der Waals surface area (Å²) in [6, 6.07) is -1.94. The number of hydrogen-bond acceptors (Lipinski definition) is 7. The van der Waals surface area contributed by atoms with Gasteiger partial charge in [0.1, 0.15) is 12.1 Å². The Hall–Kier alpha value is -1.97. The van der Waals surface area contributed by atoms with E-state index in [0.717, 1.165) is 0 Å². The molecule has 0 unspecified atom stereocenters. The maximum atomic E-state index is 13.5. The molecule has 1 rings (SSSR count). The van der Waals surface area contributed by atoms with Gasteiger partial charge in [-0.05, 0) is 47.0 Å². The van der Waals surface area contributed by atoms with E-state index in [9.17, 15) is 23.7 Å². The SMILES string of the molecule is CC(C)C[C@H]1NC(=O)[C@H](C)NC(=O)[C@H](P(=O)(OC(C)C)OC(C)C)NC(=O)CNC1=O. The van der Waals surface area contributed by atoms with Crippen molar-refractivity contribution in [3.63, 3.8) is 0 Å². The molecule has 0 saturated carbocycles. The van der Waals surface area contributed by atoms with Gasteiger partial charge < -0.3 is 30.3 Å². The molecular formula is C19H35N4O7P. The third kappa shape index (κ3) is 8.59. The van der Waals surface area contributed by atoms with Gasteiger partial charge in [-0.1, -0.05) is 13.8 Å². The van der Waals surface area contributed by atoms with Gasteiger partial charge in [0.25, 0.3) is 5.91 Å². The Morgan fingerprint density at radius 3 is 1.90 bits per heavy atom. The van der Waals surface area contributed by atoms with E-state index < -0.39 is 67.8 Å². The smallest absolute Gasteiger partial charge is 0.345 e. The van der Waals surface area contributed by atoms with Crippen LogP contribution in [0.2, 0.25) is 0 Å². The first kappa shape index (κ1) is 27.1. The number of rotatable bonds is 7. The molecule has 1 fully saturated rings. The molecule has 178 valence electrons. The van der Waals surface area contributed by atoms with Crippen LogP contribution in [0.25, 0.3) is 0 Å². The van der Waals surface area contributed by atoms with E-state index in [2.05, 4.69) is 21.3 Å². The minimum Gasteiger partial charge on any atom is -0.345 e. The quantitative estimate of drug-likeness (QED) is 0.405. The van der Waals surface area contributed by atoms with Gasteiger partial charge in [0.05, 0.1) is 18.8 Å². The summed E-state index contributed by atoms with van der Waals surface area (Å²) in [5.74, 6) is -4.39. The lowest BCUT2D eigenvalue weighted by molar-refractivity contribution is -0.134. The molecule has 1 aliphatic heterocycles. The van der Waals surface area contributed by atoms with E-state index >= 15 is 0 Å². The van der Waals surface area contributed by atoms with Crippen LogP contribution in [0.5, 0.6) is 0 Å². The van der Waals surface area contributed by atoms with Crippen LogP contribution in [-0.2, 0) is 32.8 Å². The van der Waals surface area contributed by atoms with E-state index in [1.54, 1.807) is 27.7 Å². The molecule has 0 aromatic carbocycles. The Morgan fingerprint density at radius 1 is 0.871 bits per heavy atom. The maximum Gasteiger partial charge on any atom is 0.362 e. The summed E-state index contributed by atoms with van der Waals surface area (Å²) in [6.45, 7) is 11.1. The molecule has 12 heteroatoms. The van der Waals surface area contributed by atoms with Crippen molar-refractivity contribution in [1.82, 2.24) is 21.3 Å². The van der Waals surface area contributed by atoms with Gasteiger partial charge in [0.15, 0.2) is 0 Å². The third-order valence-corrected chi connectivity index (χ3v) is 6.52. The van der Waals surface area contributed by atoms with Crippen molar-refractivity contribution in [1.29, 1.82) is 0 Å². The first-order chi connectivity index (χ1) is 14.2. The molecular weight excluding hydrogens is 427 g/mol. The standard InChI is InChI=1S/C19H35N4O7P/c1-10(2)8-14-17(26)20-9-15(24)23-19(18(27)21-13(7)16(25)22-14)31(28,29-11(3)4)30-12(5)6/h10-14,19H,8-9H2,1-7H3,(H,20,26)(H,21,27)(H,22,25)(H,23,24)/t13-,14+,19-/m0/s1. The molecule has 0 bridgehead atoms. The van der Waals surface area contributed by atoms with Crippen molar-refractivity contribution in [3.05, 3.63) is 0 Å². The van der Waals surface area contributed by atoms with Crippen LogP contribution in [0.1, 0.15) is 54.9 Å². The van der Waals surface area contributed by atoms with Crippen molar-refractivity contribution < 1.29 is 32.8 Å². The lowest BCUT2D eigenvalue weighted by atomic mass is 10.0. The summed E-state index contributed by atoms with van der Waals surface area (Å²) in [6.07, 6.45) is -0.803. The molecule has 0 radical (unpaired) electrons. The van der Waals surface area contributed by atoms with Crippen molar-refractivity contribution in [3.8, 4) is 0 Å². The molecule has 0 aromatic heterocycles. The summed E-state index contributed by atoms with van der Waals surface area (Å²) >= 11 is 0. The van der Waals surface area contributed by atoms with E-state index in [-0.39, 0.29) is 5.92 Å². The molecule has 11 nitrogen and oxygen atoms in total. The maximum absolute atomic E-state index is 13.5. The monoisotopic (exact) mass is 462 g/mol. The van der Waals surface area contributed by atoms with Gasteiger partial charge in [-0.2, -0.15) is 0 Å². The molecule has 31 heavy (non-hydrogen) atoms. The Morgan fingerprint density at radius 2 is 1.42 bits per heavy atom. The molecule has 1 saturated heterocycles. The number of hydrogen-bond donors (Lipinski definition) is 4. The van der Waals surface area contributed by atoms with Gasteiger partial charge in [0, 0.05) is 0 Å². The van der Waals surface area contributed by atoms with Gasteiger partial charge in [-0.3, -0.25) is 23.7 Å². The second-order valence-corrected chi connectivity index (χ2v) is 10.5. The highest BCUT2D eigenvalue weighted by atomic mass is 31.2. The average Bonchev–Trinajstić information content (AvgIpc) is 2.60. The van der Waals surface area contributed by atoms with E-state index in [1.807, 2.05) is 13.8 Å². The third-order valence-electron chi connectivity index (χ3n) is 4.09. The number of carbonyl (C=O) groups is 4. The van der Waals surface area contributed by atoms with Crippen LogP contribution >= 0.6 is 7.60 Å². The van der Waals surface area contributed by atoms with Gasteiger partial charge >= 0.3 is 7.60 Å². The predicted octanol–water partition coefficient (Wildman–Crippen LogP) is 0.637. The van der Waals surface area contributed by atoms with Crippen LogP contribution < -0.4 is 21.3 Å². The van der Waals surface area contributed by atoms with Crippen LogP contribution in [0.15, 0.2) is 0 Å². The minimum atomic E-state index is -4.19.